The second-order valence-corrected chi connectivity index (χ2v) is 3.39. The van der Waals surface area contributed by atoms with Crippen LogP contribution in [-0.4, -0.2) is 34.5 Å². The minimum absolute atomic E-state index is 0.00505. The molecule has 1 atom stereocenters. The van der Waals surface area contributed by atoms with E-state index in [0.717, 1.165) is 6.07 Å². The van der Waals surface area contributed by atoms with E-state index >= 15 is 0 Å². The van der Waals surface area contributed by atoms with Gasteiger partial charge in [-0.1, -0.05) is 0 Å². The van der Waals surface area contributed by atoms with Crippen molar-refractivity contribution >= 4 is 5.97 Å². The van der Waals surface area contributed by atoms with Crippen LogP contribution in [0.2, 0.25) is 0 Å². The van der Waals surface area contributed by atoms with Crippen LogP contribution in [0.3, 0.4) is 0 Å². The SMILES string of the molecule is O=C(O)C(O)c1c(F)c(O)cc2c1OCCO2. The summed E-state index contributed by atoms with van der Waals surface area (Å²) in [7, 11) is 0. The van der Waals surface area contributed by atoms with Gasteiger partial charge in [0.15, 0.2) is 29.2 Å². The lowest BCUT2D eigenvalue weighted by Crippen LogP contribution is -2.20. The van der Waals surface area contributed by atoms with Crippen molar-refractivity contribution in [2.45, 2.75) is 6.10 Å². The highest BCUT2D eigenvalue weighted by Gasteiger charge is 2.31. The Labute approximate surface area is 94.8 Å². The molecule has 0 radical (unpaired) electrons. The molecule has 1 aromatic rings. The number of aliphatic carboxylic acids is 1. The number of rotatable bonds is 2. The molecule has 3 N–H and O–H groups in total. The van der Waals surface area contributed by atoms with E-state index in [1.807, 2.05) is 0 Å². The normalized spacial score (nSPS) is 15.4. The maximum absolute atomic E-state index is 13.6. The molecule has 1 heterocycles. The zero-order chi connectivity index (χ0) is 12.6. The smallest absolute Gasteiger partial charge is 0.337 e. The number of aromatic hydroxyl groups is 1. The number of hydrogen-bond donors (Lipinski definition) is 3. The van der Waals surface area contributed by atoms with Gasteiger partial charge in [-0.3, -0.25) is 0 Å². The molecule has 0 saturated carbocycles. The highest BCUT2D eigenvalue weighted by molar-refractivity contribution is 5.76. The predicted octanol–water partition coefficient (Wildman–Crippen LogP) is 0.420. The third-order valence-electron chi connectivity index (χ3n) is 2.29. The maximum Gasteiger partial charge on any atom is 0.337 e. The van der Waals surface area contributed by atoms with Crippen molar-refractivity contribution in [2.75, 3.05) is 13.2 Å². The van der Waals surface area contributed by atoms with E-state index in [4.69, 9.17) is 14.6 Å². The molecule has 92 valence electrons. The van der Waals surface area contributed by atoms with Gasteiger partial charge in [0.25, 0.3) is 0 Å². The number of phenols is 1. The quantitative estimate of drug-likeness (QED) is 0.697. The number of aliphatic hydroxyl groups is 1. The average molecular weight is 244 g/mol. The summed E-state index contributed by atoms with van der Waals surface area (Å²) < 4.78 is 23.7. The summed E-state index contributed by atoms with van der Waals surface area (Å²) in [5, 5.41) is 27.3. The molecule has 0 amide bonds. The lowest BCUT2D eigenvalue weighted by Gasteiger charge is -2.22. The van der Waals surface area contributed by atoms with Crippen LogP contribution in [0, 0.1) is 5.82 Å². The molecule has 0 aliphatic carbocycles. The molecule has 17 heavy (non-hydrogen) atoms. The van der Waals surface area contributed by atoms with E-state index in [-0.39, 0.29) is 24.7 Å². The number of hydrogen-bond acceptors (Lipinski definition) is 5. The first kappa shape index (κ1) is 11.5. The minimum Gasteiger partial charge on any atom is -0.505 e. The Hall–Kier alpha value is -2.02. The third kappa shape index (κ3) is 1.84. The fourth-order valence-electron chi connectivity index (χ4n) is 1.54. The van der Waals surface area contributed by atoms with Gasteiger partial charge in [-0.25, -0.2) is 9.18 Å². The van der Waals surface area contributed by atoms with E-state index in [1.165, 1.54) is 0 Å². The van der Waals surface area contributed by atoms with Gasteiger partial charge in [0.1, 0.15) is 13.2 Å². The number of carboxylic acids is 1. The molecule has 0 bridgehead atoms. The molecule has 6 nitrogen and oxygen atoms in total. The van der Waals surface area contributed by atoms with E-state index in [9.17, 15) is 19.4 Å². The van der Waals surface area contributed by atoms with E-state index in [0.29, 0.717) is 0 Å². The Kier molecular flexibility index (Phi) is 2.76. The van der Waals surface area contributed by atoms with Crippen molar-refractivity contribution in [3.63, 3.8) is 0 Å². The molecule has 1 unspecified atom stereocenters. The molecule has 7 heteroatoms. The Morgan fingerprint density at radius 2 is 2.06 bits per heavy atom. The Balaban J connectivity index is 2.62. The first-order valence-electron chi connectivity index (χ1n) is 4.74. The fourth-order valence-corrected chi connectivity index (χ4v) is 1.54. The maximum atomic E-state index is 13.6. The van der Waals surface area contributed by atoms with Gasteiger partial charge in [0.05, 0.1) is 5.56 Å². The summed E-state index contributed by atoms with van der Waals surface area (Å²) >= 11 is 0. The van der Waals surface area contributed by atoms with Crippen molar-refractivity contribution in [3.8, 4) is 17.2 Å². The second-order valence-electron chi connectivity index (χ2n) is 3.39. The van der Waals surface area contributed by atoms with Crippen LogP contribution in [0.5, 0.6) is 17.2 Å². The number of halogens is 1. The van der Waals surface area contributed by atoms with Gasteiger partial charge in [-0.15, -0.1) is 0 Å². The number of fused-ring (bicyclic) bond motifs is 1. The molecule has 1 aromatic carbocycles. The van der Waals surface area contributed by atoms with Crippen LogP contribution in [-0.2, 0) is 4.79 Å². The number of carbonyl (C=O) groups is 1. The molecule has 0 spiro atoms. The zero-order valence-corrected chi connectivity index (χ0v) is 8.51. The highest BCUT2D eigenvalue weighted by Crippen LogP contribution is 2.42. The average Bonchev–Trinajstić information content (AvgIpc) is 2.30. The van der Waals surface area contributed by atoms with Gasteiger partial charge in [-0.05, 0) is 0 Å². The summed E-state index contributed by atoms with van der Waals surface area (Å²) in [6, 6.07) is 0.974. The first-order chi connectivity index (χ1) is 8.02. The summed E-state index contributed by atoms with van der Waals surface area (Å²) in [6.45, 7) is 0.303. The Bertz CT molecular complexity index is 472. The van der Waals surface area contributed by atoms with Gasteiger partial charge in [-0.2, -0.15) is 0 Å². The van der Waals surface area contributed by atoms with E-state index in [1.54, 1.807) is 0 Å². The number of ether oxygens (including phenoxy) is 2. The molecule has 0 saturated heterocycles. The van der Waals surface area contributed by atoms with Gasteiger partial charge < -0.3 is 24.8 Å². The van der Waals surface area contributed by atoms with Crippen molar-refractivity contribution in [3.05, 3.63) is 17.4 Å². The third-order valence-corrected chi connectivity index (χ3v) is 2.29. The van der Waals surface area contributed by atoms with Gasteiger partial charge in [0, 0.05) is 6.07 Å². The molecule has 1 aliphatic heterocycles. The second kappa shape index (κ2) is 4.10. The lowest BCUT2D eigenvalue weighted by atomic mass is 10.1. The number of aliphatic hydroxyl groups excluding tert-OH is 1. The van der Waals surface area contributed by atoms with Crippen LogP contribution < -0.4 is 9.47 Å². The molecule has 1 aliphatic rings. The largest absolute Gasteiger partial charge is 0.505 e. The van der Waals surface area contributed by atoms with Crippen LogP contribution in [0.1, 0.15) is 11.7 Å². The van der Waals surface area contributed by atoms with E-state index < -0.39 is 29.2 Å². The van der Waals surface area contributed by atoms with E-state index in [2.05, 4.69) is 0 Å². The number of carboxylic acid groups (broad SMARTS) is 1. The van der Waals surface area contributed by atoms with Gasteiger partial charge in [0.2, 0.25) is 0 Å². The first-order valence-corrected chi connectivity index (χ1v) is 4.74. The van der Waals surface area contributed by atoms with Crippen LogP contribution in [0.4, 0.5) is 4.39 Å². The van der Waals surface area contributed by atoms with Crippen molar-refractivity contribution in [2.24, 2.45) is 0 Å². The topological polar surface area (TPSA) is 96.2 Å². The molecular weight excluding hydrogens is 235 g/mol. The van der Waals surface area contributed by atoms with Crippen LogP contribution in [0.15, 0.2) is 6.07 Å². The zero-order valence-electron chi connectivity index (χ0n) is 8.51. The van der Waals surface area contributed by atoms with Crippen molar-refractivity contribution in [1.82, 2.24) is 0 Å². The fraction of sp³-hybridized carbons (Fsp3) is 0.300. The lowest BCUT2D eigenvalue weighted by molar-refractivity contribution is -0.147. The summed E-state index contributed by atoms with van der Waals surface area (Å²) in [4.78, 5) is 10.7. The van der Waals surface area contributed by atoms with Crippen LogP contribution in [0.25, 0.3) is 0 Å². The summed E-state index contributed by atoms with van der Waals surface area (Å²) in [5.74, 6) is -3.87. The summed E-state index contributed by atoms with van der Waals surface area (Å²) in [5.41, 5.74) is -0.632. The van der Waals surface area contributed by atoms with Crippen LogP contribution >= 0.6 is 0 Å². The standard InChI is InChI=1S/C10H9FO6/c11-7-4(12)3-5-9(17-2-1-16-5)6(7)8(13)10(14)15/h3,8,12-13H,1-2H2,(H,14,15). The van der Waals surface area contributed by atoms with Crippen molar-refractivity contribution < 1.29 is 34.0 Å². The van der Waals surface area contributed by atoms with Crippen molar-refractivity contribution in [1.29, 1.82) is 0 Å². The predicted molar refractivity (Wildman–Crippen MR) is 51.7 cm³/mol. The molecule has 2 rings (SSSR count). The molecule has 0 fully saturated rings. The monoisotopic (exact) mass is 244 g/mol. The van der Waals surface area contributed by atoms with Gasteiger partial charge >= 0.3 is 5.97 Å². The number of phenolic OH excluding ortho intramolecular Hbond substituents is 1. The molecule has 0 aromatic heterocycles. The summed E-state index contributed by atoms with van der Waals surface area (Å²) in [6.07, 6.45) is -2.13. The number of benzene rings is 1. The Morgan fingerprint density at radius 1 is 1.41 bits per heavy atom. The minimum atomic E-state index is -2.13. The Morgan fingerprint density at radius 3 is 2.71 bits per heavy atom. The molecular formula is C10H9FO6. The highest BCUT2D eigenvalue weighted by atomic mass is 19.1.